The maximum atomic E-state index is 14.0. The van der Waals surface area contributed by atoms with E-state index in [0.717, 1.165) is 59.2 Å². The zero-order valence-corrected chi connectivity index (χ0v) is 19.7. The van der Waals surface area contributed by atoms with Crippen LogP contribution < -0.4 is 19.9 Å². The number of para-hydroxylation sites is 3. The predicted molar refractivity (Wildman–Crippen MR) is 134 cm³/mol. The summed E-state index contributed by atoms with van der Waals surface area (Å²) in [4.78, 5) is 27.7. The van der Waals surface area contributed by atoms with Crippen LogP contribution in [0.3, 0.4) is 0 Å². The fraction of sp³-hybridized carbons (Fsp3) is 0.240. The van der Waals surface area contributed by atoms with E-state index in [9.17, 15) is 9.18 Å². The SMILES string of the molecule is COc1ccccc1N1CCN(c2ncnc3sc(C(=O)Nc4ccccc4F)c(C)c23)CC1. The van der Waals surface area contributed by atoms with Crippen LogP contribution in [0.4, 0.5) is 21.6 Å². The first-order valence-electron chi connectivity index (χ1n) is 11.0. The lowest BCUT2D eigenvalue weighted by Crippen LogP contribution is -2.47. The zero-order chi connectivity index (χ0) is 23.7. The minimum absolute atomic E-state index is 0.156. The molecule has 2 aromatic carbocycles. The van der Waals surface area contributed by atoms with Crippen LogP contribution in [-0.2, 0) is 0 Å². The number of benzene rings is 2. The number of aromatic nitrogens is 2. The Kier molecular flexibility index (Phi) is 6.02. The minimum atomic E-state index is -0.469. The molecule has 9 heteroatoms. The van der Waals surface area contributed by atoms with Crippen molar-refractivity contribution in [1.82, 2.24) is 9.97 Å². The molecule has 4 aromatic rings. The number of piperazine rings is 1. The summed E-state index contributed by atoms with van der Waals surface area (Å²) in [7, 11) is 1.69. The van der Waals surface area contributed by atoms with Crippen molar-refractivity contribution in [3.05, 3.63) is 71.1 Å². The molecule has 0 spiro atoms. The molecule has 1 N–H and O–H groups in total. The van der Waals surface area contributed by atoms with E-state index in [4.69, 9.17) is 4.74 Å². The summed E-state index contributed by atoms with van der Waals surface area (Å²) in [5.41, 5.74) is 2.04. The van der Waals surface area contributed by atoms with Crippen LogP contribution in [0.5, 0.6) is 5.75 Å². The van der Waals surface area contributed by atoms with Gasteiger partial charge in [-0.2, -0.15) is 0 Å². The molecule has 0 atom stereocenters. The maximum Gasteiger partial charge on any atom is 0.266 e. The minimum Gasteiger partial charge on any atom is -0.495 e. The summed E-state index contributed by atoms with van der Waals surface area (Å²) >= 11 is 1.30. The average molecular weight is 478 g/mol. The van der Waals surface area contributed by atoms with Gasteiger partial charge in [0.15, 0.2) is 0 Å². The lowest BCUT2D eigenvalue weighted by atomic mass is 10.1. The first kappa shape index (κ1) is 22.1. The summed E-state index contributed by atoms with van der Waals surface area (Å²) in [5, 5.41) is 3.55. The second-order valence-corrected chi connectivity index (χ2v) is 9.01. The van der Waals surface area contributed by atoms with Crippen LogP contribution in [0.1, 0.15) is 15.2 Å². The van der Waals surface area contributed by atoms with Crippen LogP contribution in [-0.4, -0.2) is 49.2 Å². The Balaban J connectivity index is 1.39. The third kappa shape index (κ3) is 4.03. The van der Waals surface area contributed by atoms with Gasteiger partial charge in [-0.25, -0.2) is 14.4 Å². The highest BCUT2D eigenvalue weighted by Gasteiger charge is 2.25. The van der Waals surface area contributed by atoms with Gasteiger partial charge in [-0.3, -0.25) is 4.79 Å². The number of nitrogens with zero attached hydrogens (tertiary/aromatic N) is 4. The van der Waals surface area contributed by atoms with Gasteiger partial charge in [0.2, 0.25) is 0 Å². The fourth-order valence-electron chi connectivity index (χ4n) is 4.30. The second kappa shape index (κ2) is 9.26. The second-order valence-electron chi connectivity index (χ2n) is 8.01. The molecular formula is C25H24FN5O2S. The van der Waals surface area contributed by atoms with E-state index in [1.54, 1.807) is 31.6 Å². The molecule has 7 nitrogen and oxygen atoms in total. The van der Waals surface area contributed by atoms with E-state index < -0.39 is 5.82 Å². The van der Waals surface area contributed by atoms with Crippen LogP contribution in [0, 0.1) is 12.7 Å². The first-order chi connectivity index (χ1) is 16.6. The Morgan fingerprint density at radius 3 is 2.50 bits per heavy atom. The van der Waals surface area contributed by atoms with Crippen molar-refractivity contribution in [1.29, 1.82) is 0 Å². The van der Waals surface area contributed by atoms with Gasteiger partial charge in [-0.05, 0) is 36.8 Å². The largest absolute Gasteiger partial charge is 0.495 e. The summed E-state index contributed by atoms with van der Waals surface area (Å²) in [6.45, 7) is 5.07. The molecule has 0 radical (unpaired) electrons. The molecule has 0 bridgehead atoms. The number of halogens is 1. The number of aryl methyl sites for hydroxylation is 1. The average Bonchev–Trinajstić information content (AvgIpc) is 3.22. The van der Waals surface area contributed by atoms with Crippen molar-refractivity contribution < 1.29 is 13.9 Å². The molecule has 5 rings (SSSR count). The monoisotopic (exact) mass is 477 g/mol. The molecule has 2 aromatic heterocycles. The highest BCUT2D eigenvalue weighted by molar-refractivity contribution is 7.20. The Hall–Kier alpha value is -3.72. The van der Waals surface area contributed by atoms with Gasteiger partial charge in [-0.15, -0.1) is 11.3 Å². The number of rotatable bonds is 5. The van der Waals surface area contributed by atoms with Crippen molar-refractivity contribution in [2.75, 3.05) is 48.4 Å². The molecule has 1 aliphatic heterocycles. The molecule has 34 heavy (non-hydrogen) atoms. The van der Waals surface area contributed by atoms with E-state index in [1.165, 1.54) is 17.4 Å². The molecule has 3 heterocycles. The van der Waals surface area contributed by atoms with Crippen molar-refractivity contribution in [3.63, 3.8) is 0 Å². The number of anilines is 3. The van der Waals surface area contributed by atoms with Crippen molar-refractivity contribution >= 4 is 44.7 Å². The topological polar surface area (TPSA) is 70.6 Å². The van der Waals surface area contributed by atoms with Gasteiger partial charge in [-0.1, -0.05) is 24.3 Å². The molecule has 0 unspecified atom stereocenters. The third-order valence-corrected chi connectivity index (χ3v) is 7.24. The van der Waals surface area contributed by atoms with Crippen LogP contribution >= 0.6 is 11.3 Å². The number of thiophene rings is 1. The number of hydrogen-bond acceptors (Lipinski definition) is 7. The lowest BCUT2D eigenvalue weighted by Gasteiger charge is -2.37. The fourth-order valence-corrected chi connectivity index (χ4v) is 5.34. The van der Waals surface area contributed by atoms with Crippen LogP contribution in [0.2, 0.25) is 0 Å². The summed E-state index contributed by atoms with van der Waals surface area (Å²) in [5.74, 6) is 0.864. The summed E-state index contributed by atoms with van der Waals surface area (Å²) in [6, 6.07) is 14.2. The Bertz CT molecular complexity index is 1350. The number of ether oxygens (including phenoxy) is 1. The molecule has 174 valence electrons. The smallest absolute Gasteiger partial charge is 0.266 e. The highest BCUT2D eigenvalue weighted by Crippen LogP contribution is 2.36. The Morgan fingerprint density at radius 2 is 1.74 bits per heavy atom. The van der Waals surface area contributed by atoms with E-state index in [2.05, 4.69) is 31.2 Å². The Labute approximate surface area is 200 Å². The number of hydrogen-bond donors (Lipinski definition) is 1. The van der Waals surface area contributed by atoms with E-state index in [0.29, 0.717) is 4.88 Å². The van der Waals surface area contributed by atoms with E-state index in [1.807, 2.05) is 25.1 Å². The van der Waals surface area contributed by atoms with E-state index in [-0.39, 0.29) is 11.6 Å². The van der Waals surface area contributed by atoms with Gasteiger partial charge in [0.05, 0.1) is 28.7 Å². The number of carbonyl (C=O) groups excluding carboxylic acids is 1. The molecule has 1 amide bonds. The lowest BCUT2D eigenvalue weighted by molar-refractivity contribution is 0.102. The quantitative estimate of drug-likeness (QED) is 0.448. The predicted octanol–water partition coefficient (Wildman–Crippen LogP) is 4.73. The number of nitrogens with one attached hydrogen (secondary N) is 1. The summed E-state index contributed by atoms with van der Waals surface area (Å²) in [6.07, 6.45) is 1.54. The van der Waals surface area contributed by atoms with Gasteiger partial charge >= 0.3 is 0 Å². The third-order valence-electron chi connectivity index (χ3n) is 6.04. The zero-order valence-electron chi connectivity index (χ0n) is 18.9. The standard InChI is InChI=1S/C25H24FN5O2S/c1-16-21-23(31-13-11-30(12-14-31)19-9-5-6-10-20(19)33-2)27-15-28-25(21)34-22(16)24(32)29-18-8-4-3-7-17(18)26/h3-10,15H,11-14H2,1-2H3,(H,29,32). The van der Waals surface area contributed by atoms with Crippen LogP contribution in [0.15, 0.2) is 54.9 Å². The summed E-state index contributed by atoms with van der Waals surface area (Å²) < 4.78 is 19.6. The molecular weight excluding hydrogens is 453 g/mol. The Morgan fingerprint density at radius 1 is 1.03 bits per heavy atom. The maximum absolute atomic E-state index is 14.0. The number of carbonyl (C=O) groups is 1. The van der Waals surface area contributed by atoms with Gasteiger partial charge < -0.3 is 19.9 Å². The molecule has 1 saturated heterocycles. The van der Waals surface area contributed by atoms with Gasteiger partial charge in [0.1, 0.15) is 28.5 Å². The molecule has 1 aliphatic rings. The van der Waals surface area contributed by atoms with Crippen molar-refractivity contribution in [2.45, 2.75) is 6.92 Å². The molecule has 0 aliphatic carbocycles. The normalized spacial score (nSPS) is 13.9. The highest BCUT2D eigenvalue weighted by atomic mass is 32.1. The van der Waals surface area contributed by atoms with Crippen LogP contribution in [0.25, 0.3) is 10.2 Å². The number of methoxy groups -OCH3 is 1. The number of amides is 1. The van der Waals surface area contributed by atoms with E-state index >= 15 is 0 Å². The molecule has 1 fully saturated rings. The first-order valence-corrected chi connectivity index (χ1v) is 11.8. The van der Waals surface area contributed by atoms with Crippen molar-refractivity contribution in [3.8, 4) is 5.75 Å². The van der Waals surface area contributed by atoms with Crippen molar-refractivity contribution in [2.24, 2.45) is 0 Å². The molecule has 0 saturated carbocycles. The van der Waals surface area contributed by atoms with Gasteiger partial charge in [0.25, 0.3) is 5.91 Å². The number of fused-ring (bicyclic) bond motifs is 1. The van der Waals surface area contributed by atoms with Gasteiger partial charge in [0, 0.05) is 26.2 Å².